The van der Waals surface area contributed by atoms with Crippen molar-refractivity contribution in [3.63, 3.8) is 0 Å². The van der Waals surface area contributed by atoms with Crippen molar-refractivity contribution in [2.45, 2.75) is 11.4 Å². The fourth-order valence-electron chi connectivity index (χ4n) is 1.18. The Bertz CT molecular complexity index is 708. The Morgan fingerprint density at radius 2 is 2.26 bits per heavy atom. The summed E-state index contributed by atoms with van der Waals surface area (Å²) in [5.41, 5.74) is 0. The van der Waals surface area contributed by atoms with Gasteiger partial charge in [0.25, 0.3) is 10.0 Å². The maximum absolute atomic E-state index is 11.9. The largest absolute Gasteiger partial charge is 0.480 e. The van der Waals surface area contributed by atoms with Crippen LogP contribution in [0.25, 0.3) is 0 Å². The van der Waals surface area contributed by atoms with Gasteiger partial charge in [-0.05, 0) is 15.9 Å². The van der Waals surface area contributed by atoms with Gasteiger partial charge in [0.05, 0.1) is 16.2 Å². The Balaban J connectivity index is 2.19. The molecule has 8 nitrogen and oxygen atoms in total. The molecular formula is C8H7BrN4O4S2. The van der Waals surface area contributed by atoms with Crippen molar-refractivity contribution in [3.8, 4) is 0 Å². The molecule has 19 heavy (non-hydrogen) atoms. The van der Waals surface area contributed by atoms with Crippen LogP contribution in [-0.2, 0) is 21.4 Å². The van der Waals surface area contributed by atoms with Crippen LogP contribution in [0.4, 0.5) is 5.13 Å². The fraction of sp³-hybridized carbons (Fsp3) is 0.125. The highest BCUT2D eigenvalue weighted by Gasteiger charge is 2.18. The van der Waals surface area contributed by atoms with Gasteiger partial charge in [-0.3, -0.25) is 14.2 Å². The van der Waals surface area contributed by atoms with Crippen LogP contribution in [0, 0.1) is 0 Å². The number of rotatable bonds is 5. The van der Waals surface area contributed by atoms with E-state index in [1.807, 2.05) is 0 Å². The van der Waals surface area contributed by atoms with Crippen LogP contribution in [-0.4, -0.2) is 34.3 Å². The second kappa shape index (κ2) is 5.27. The topological polar surface area (TPSA) is 114 Å². The van der Waals surface area contributed by atoms with E-state index in [9.17, 15) is 13.2 Å². The number of sulfonamides is 1. The van der Waals surface area contributed by atoms with E-state index in [1.165, 1.54) is 6.20 Å². The summed E-state index contributed by atoms with van der Waals surface area (Å²) in [6.45, 7) is -0.404. The number of hydrogen-bond acceptors (Lipinski definition) is 6. The van der Waals surface area contributed by atoms with Crippen LogP contribution in [0.3, 0.4) is 0 Å². The van der Waals surface area contributed by atoms with E-state index in [-0.39, 0.29) is 10.0 Å². The molecule has 0 fully saturated rings. The molecule has 0 unspecified atom stereocenters. The lowest BCUT2D eigenvalue weighted by Gasteiger charge is -2.01. The van der Waals surface area contributed by atoms with Crippen LogP contribution in [0.2, 0.25) is 0 Å². The molecule has 11 heteroatoms. The molecule has 0 saturated carbocycles. The molecule has 0 aliphatic rings. The quantitative estimate of drug-likeness (QED) is 0.815. The van der Waals surface area contributed by atoms with Gasteiger partial charge in [-0.1, -0.05) is 11.3 Å². The van der Waals surface area contributed by atoms with Crippen molar-refractivity contribution in [1.29, 1.82) is 0 Å². The normalized spacial score (nSPS) is 11.4. The zero-order valence-corrected chi connectivity index (χ0v) is 12.4. The number of aliphatic carboxylic acids is 1. The molecule has 2 aromatic heterocycles. The van der Waals surface area contributed by atoms with Gasteiger partial charge in [0.1, 0.15) is 11.4 Å². The Hall–Kier alpha value is -1.46. The van der Waals surface area contributed by atoms with E-state index >= 15 is 0 Å². The first kappa shape index (κ1) is 14.0. The highest BCUT2D eigenvalue weighted by Crippen LogP contribution is 2.25. The van der Waals surface area contributed by atoms with E-state index in [2.05, 4.69) is 30.7 Å². The molecule has 0 atom stereocenters. The summed E-state index contributed by atoms with van der Waals surface area (Å²) in [5, 5.41) is 12.4. The molecular weight excluding hydrogens is 360 g/mol. The molecule has 0 aliphatic heterocycles. The highest BCUT2D eigenvalue weighted by molar-refractivity contribution is 9.11. The van der Waals surface area contributed by atoms with Gasteiger partial charge in [0.15, 0.2) is 5.13 Å². The zero-order valence-electron chi connectivity index (χ0n) is 9.15. The average Bonchev–Trinajstić information content (AvgIpc) is 2.87. The first-order chi connectivity index (χ1) is 8.87. The summed E-state index contributed by atoms with van der Waals surface area (Å²) in [6.07, 6.45) is 3.68. The summed E-state index contributed by atoms with van der Waals surface area (Å²) in [5.74, 6) is -1.11. The van der Waals surface area contributed by atoms with Crippen LogP contribution >= 0.6 is 27.3 Å². The maximum Gasteiger partial charge on any atom is 0.325 e. The summed E-state index contributed by atoms with van der Waals surface area (Å²) < 4.78 is 27.9. The standard InChI is InChI=1S/C8H7BrN4O4S2/c9-6-2-10-8(18-6)12-19(16,17)5-1-11-13(3-5)4-7(14)15/h1-3H,4H2,(H,10,12)(H,14,15). The number of carboxylic acids is 1. The van der Waals surface area contributed by atoms with Gasteiger partial charge in [-0.15, -0.1) is 0 Å². The lowest BCUT2D eigenvalue weighted by atomic mass is 10.6. The number of thiazole rings is 1. The lowest BCUT2D eigenvalue weighted by molar-refractivity contribution is -0.137. The molecule has 0 saturated heterocycles. The number of halogens is 1. The number of anilines is 1. The van der Waals surface area contributed by atoms with Crippen molar-refractivity contribution in [2.75, 3.05) is 4.72 Å². The van der Waals surface area contributed by atoms with Crippen molar-refractivity contribution < 1.29 is 18.3 Å². The van der Waals surface area contributed by atoms with Crippen LogP contribution in [0.5, 0.6) is 0 Å². The summed E-state index contributed by atoms with van der Waals surface area (Å²) in [7, 11) is -3.81. The molecule has 0 radical (unpaired) electrons. The van der Waals surface area contributed by atoms with Crippen molar-refractivity contribution >= 4 is 48.4 Å². The molecule has 0 aliphatic carbocycles. The third-order valence-electron chi connectivity index (χ3n) is 1.92. The van der Waals surface area contributed by atoms with Gasteiger partial charge in [-0.25, -0.2) is 13.4 Å². The monoisotopic (exact) mass is 366 g/mol. The molecule has 0 amide bonds. The third kappa shape index (κ3) is 3.52. The Labute approximate surface area is 120 Å². The van der Waals surface area contributed by atoms with E-state index in [0.717, 1.165) is 28.4 Å². The predicted molar refractivity (Wildman–Crippen MR) is 70.5 cm³/mol. The Morgan fingerprint density at radius 1 is 1.53 bits per heavy atom. The first-order valence-electron chi connectivity index (χ1n) is 4.75. The van der Waals surface area contributed by atoms with E-state index in [0.29, 0.717) is 3.79 Å². The number of aromatic nitrogens is 3. The second-order valence-corrected chi connectivity index (χ2v) is 7.43. The molecule has 2 rings (SSSR count). The van der Waals surface area contributed by atoms with Crippen molar-refractivity contribution in [2.24, 2.45) is 0 Å². The lowest BCUT2D eigenvalue weighted by Crippen LogP contribution is -2.12. The smallest absolute Gasteiger partial charge is 0.325 e. The number of nitrogens with zero attached hydrogens (tertiary/aromatic N) is 3. The molecule has 0 spiro atoms. The van der Waals surface area contributed by atoms with E-state index in [1.54, 1.807) is 0 Å². The van der Waals surface area contributed by atoms with Gasteiger partial charge < -0.3 is 5.11 Å². The summed E-state index contributed by atoms with van der Waals surface area (Å²) in [6, 6.07) is 0. The Morgan fingerprint density at radius 3 is 2.84 bits per heavy atom. The number of nitrogens with one attached hydrogen (secondary N) is 1. The molecule has 2 N–H and O–H groups in total. The highest BCUT2D eigenvalue weighted by atomic mass is 79.9. The molecule has 2 heterocycles. The third-order valence-corrected chi connectivity index (χ3v) is 4.73. The minimum absolute atomic E-state index is 0.125. The predicted octanol–water partition coefficient (Wildman–Crippen LogP) is 0.987. The number of carbonyl (C=O) groups is 1. The van der Waals surface area contributed by atoms with Crippen molar-refractivity contribution in [3.05, 3.63) is 22.4 Å². The summed E-state index contributed by atoms with van der Waals surface area (Å²) in [4.78, 5) is 14.2. The average molecular weight is 367 g/mol. The molecule has 2 aromatic rings. The maximum atomic E-state index is 11.9. The van der Waals surface area contributed by atoms with Crippen molar-refractivity contribution in [1.82, 2.24) is 14.8 Å². The van der Waals surface area contributed by atoms with Gasteiger partial charge in [0.2, 0.25) is 0 Å². The second-order valence-electron chi connectivity index (χ2n) is 3.34. The first-order valence-corrected chi connectivity index (χ1v) is 7.84. The number of hydrogen-bond donors (Lipinski definition) is 2. The van der Waals surface area contributed by atoms with Gasteiger partial charge in [-0.2, -0.15) is 5.10 Å². The molecule has 102 valence electrons. The zero-order chi connectivity index (χ0) is 14.0. The minimum Gasteiger partial charge on any atom is -0.480 e. The fourth-order valence-corrected chi connectivity index (χ4v) is 3.48. The summed E-state index contributed by atoms with van der Waals surface area (Å²) >= 11 is 4.29. The van der Waals surface area contributed by atoms with Gasteiger partial charge in [0, 0.05) is 6.20 Å². The van der Waals surface area contributed by atoms with Gasteiger partial charge >= 0.3 is 5.97 Å². The van der Waals surface area contributed by atoms with E-state index < -0.39 is 22.5 Å². The Kier molecular flexibility index (Phi) is 3.87. The van der Waals surface area contributed by atoms with Crippen LogP contribution in [0.15, 0.2) is 27.3 Å². The van der Waals surface area contributed by atoms with E-state index in [4.69, 9.17) is 5.11 Å². The van der Waals surface area contributed by atoms with Crippen LogP contribution < -0.4 is 4.72 Å². The molecule has 0 bridgehead atoms. The molecule has 0 aromatic carbocycles. The SMILES string of the molecule is O=C(O)Cn1cc(S(=O)(=O)Nc2ncc(Br)s2)cn1. The minimum atomic E-state index is -3.81. The number of carboxylic acid groups (broad SMARTS) is 1. The van der Waals surface area contributed by atoms with Crippen LogP contribution in [0.1, 0.15) is 0 Å².